The highest BCUT2D eigenvalue weighted by Gasteiger charge is 2.11. The van der Waals surface area contributed by atoms with Crippen molar-refractivity contribution in [1.29, 1.82) is 0 Å². The third-order valence-electron chi connectivity index (χ3n) is 3.67. The molecule has 102 valence electrons. The molecule has 20 heavy (non-hydrogen) atoms. The number of nitrogens with one attached hydrogen (secondary N) is 1. The minimum atomic E-state index is 0.785. The lowest BCUT2D eigenvalue weighted by Crippen LogP contribution is -2.03. The van der Waals surface area contributed by atoms with Gasteiger partial charge in [0.2, 0.25) is 0 Å². The summed E-state index contributed by atoms with van der Waals surface area (Å²) in [6.45, 7) is 7.18. The average Bonchev–Trinajstić information content (AvgIpc) is 2.74. The van der Waals surface area contributed by atoms with Gasteiger partial charge in [-0.1, -0.05) is 24.3 Å². The predicted molar refractivity (Wildman–Crippen MR) is 85.4 cm³/mol. The number of hydrogen-bond donors (Lipinski definition) is 1. The van der Waals surface area contributed by atoms with Crippen LogP contribution >= 0.6 is 11.3 Å². The smallest absolute Gasteiger partial charge is 0.138 e. The molecule has 0 atom stereocenters. The fraction of sp³-hybridized carbons (Fsp3) is 0.250. The van der Waals surface area contributed by atoms with E-state index in [1.165, 1.54) is 21.6 Å². The highest BCUT2D eigenvalue weighted by Crippen LogP contribution is 2.32. The average molecular weight is 283 g/mol. The van der Waals surface area contributed by atoms with Crippen LogP contribution in [0.4, 0.5) is 5.82 Å². The van der Waals surface area contributed by atoms with E-state index in [0.717, 1.165) is 22.6 Å². The van der Waals surface area contributed by atoms with Gasteiger partial charge in [-0.2, -0.15) is 0 Å². The molecule has 3 aromatic rings. The Bertz CT molecular complexity index is 762. The van der Waals surface area contributed by atoms with Crippen LogP contribution in [0.3, 0.4) is 0 Å². The molecular formula is C16H17N3S. The maximum atomic E-state index is 4.41. The zero-order valence-electron chi connectivity index (χ0n) is 11.9. The lowest BCUT2D eigenvalue weighted by Gasteiger charge is -2.09. The predicted octanol–water partition coefficient (Wildman–Crippen LogP) is 4.23. The second-order valence-corrected chi connectivity index (χ2v) is 6.17. The molecule has 0 amide bonds. The van der Waals surface area contributed by atoms with E-state index >= 15 is 0 Å². The van der Waals surface area contributed by atoms with E-state index in [0.29, 0.717) is 0 Å². The zero-order valence-corrected chi connectivity index (χ0v) is 12.7. The molecule has 3 rings (SSSR count). The van der Waals surface area contributed by atoms with Gasteiger partial charge in [0.1, 0.15) is 17.0 Å². The lowest BCUT2D eigenvalue weighted by molar-refractivity contribution is 1.08. The van der Waals surface area contributed by atoms with E-state index < -0.39 is 0 Å². The van der Waals surface area contributed by atoms with Crippen LogP contribution in [0.15, 0.2) is 30.6 Å². The van der Waals surface area contributed by atoms with Crippen LogP contribution < -0.4 is 5.32 Å². The van der Waals surface area contributed by atoms with Crippen LogP contribution in [0.2, 0.25) is 0 Å². The van der Waals surface area contributed by atoms with E-state index in [4.69, 9.17) is 0 Å². The van der Waals surface area contributed by atoms with Gasteiger partial charge in [0.25, 0.3) is 0 Å². The molecule has 1 aromatic carbocycles. The molecule has 2 aromatic heterocycles. The van der Waals surface area contributed by atoms with Crippen molar-refractivity contribution in [2.24, 2.45) is 0 Å². The van der Waals surface area contributed by atoms with Crippen molar-refractivity contribution in [2.45, 2.75) is 27.3 Å². The Balaban J connectivity index is 1.94. The van der Waals surface area contributed by atoms with Gasteiger partial charge in [-0.3, -0.25) is 0 Å². The molecule has 0 radical (unpaired) electrons. The fourth-order valence-corrected chi connectivity index (χ4v) is 3.30. The molecule has 0 aliphatic heterocycles. The van der Waals surface area contributed by atoms with E-state index in [9.17, 15) is 0 Å². The summed E-state index contributed by atoms with van der Waals surface area (Å²) in [5, 5.41) is 4.61. The third kappa shape index (κ3) is 2.27. The van der Waals surface area contributed by atoms with Crippen LogP contribution in [0.1, 0.15) is 21.6 Å². The molecule has 0 unspecified atom stereocenters. The SMILES string of the molecule is Cc1ccccc1CNc1ncnc2sc(C)c(C)c12. The van der Waals surface area contributed by atoms with Gasteiger partial charge in [-0.15, -0.1) is 11.3 Å². The summed E-state index contributed by atoms with van der Waals surface area (Å²) in [6, 6.07) is 8.41. The molecule has 0 aliphatic rings. The molecule has 0 saturated carbocycles. The van der Waals surface area contributed by atoms with Crippen LogP contribution in [0, 0.1) is 20.8 Å². The molecule has 0 aliphatic carbocycles. The third-order valence-corrected chi connectivity index (χ3v) is 4.79. The van der Waals surface area contributed by atoms with Crippen molar-refractivity contribution in [1.82, 2.24) is 9.97 Å². The quantitative estimate of drug-likeness (QED) is 0.781. The number of benzene rings is 1. The van der Waals surface area contributed by atoms with Gasteiger partial charge < -0.3 is 5.32 Å². The highest BCUT2D eigenvalue weighted by atomic mass is 32.1. The monoisotopic (exact) mass is 283 g/mol. The Morgan fingerprint density at radius 1 is 1.10 bits per heavy atom. The number of aromatic nitrogens is 2. The van der Waals surface area contributed by atoms with Crippen LogP contribution in [-0.4, -0.2) is 9.97 Å². The Kier molecular flexibility index (Phi) is 3.40. The number of aryl methyl sites for hydroxylation is 3. The first-order valence-corrected chi connectivity index (χ1v) is 7.47. The number of thiophene rings is 1. The van der Waals surface area contributed by atoms with Gasteiger partial charge in [0, 0.05) is 11.4 Å². The van der Waals surface area contributed by atoms with Crippen LogP contribution in [0.5, 0.6) is 0 Å². The lowest BCUT2D eigenvalue weighted by atomic mass is 10.1. The van der Waals surface area contributed by atoms with Gasteiger partial charge in [0.15, 0.2) is 0 Å². The summed E-state index contributed by atoms with van der Waals surface area (Å²) in [5.74, 6) is 0.931. The maximum absolute atomic E-state index is 4.41. The number of nitrogens with zero attached hydrogens (tertiary/aromatic N) is 2. The van der Waals surface area contributed by atoms with E-state index in [2.05, 4.69) is 60.3 Å². The summed E-state index contributed by atoms with van der Waals surface area (Å²) < 4.78 is 0. The van der Waals surface area contributed by atoms with Crippen molar-refractivity contribution in [3.8, 4) is 0 Å². The zero-order chi connectivity index (χ0) is 14.1. The first kappa shape index (κ1) is 13.1. The first-order chi connectivity index (χ1) is 9.66. The number of hydrogen-bond acceptors (Lipinski definition) is 4. The van der Waals surface area contributed by atoms with Gasteiger partial charge >= 0.3 is 0 Å². The van der Waals surface area contributed by atoms with Crippen molar-refractivity contribution in [3.05, 3.63) is 52.2 Å². The summed E-state index contributed by atoms with van der Waals surface area (Å²) in [4.78, 5) is 11.1. The number of fused-ring (bicyclic) bond motifs is 1. The van der Waals surface area contributed by atoms with Gasteiger partial charge in [0.05, 0.1) is 5.39 Å². The van der Waals surface area contributed by atoms with E-state index in [1.54, 1.807) is 17.7 Å². The first-order valence-electron chi connectivity index (χ1n) is 6.66. The fourth-order valence-electron chi connectivity index (χ4n) is 2.30. The van der Waals surface area contributed by atoms with Crippen molar-refractivity contribution >= 4 is 27.4 Å². The minimum Gasteiger partial charge on any atom is -0.365 e. The standard InChI is InChI=1S/C16H17N3S/c1-10-6-4-5-7-13(10)8-17-15-14-11(2)12(3)20-16(14)19-9-18-15/h4-7,9H,8H2,1-3H3,(H,17,18,19). The molecule has 2 heterocycles. The van der Waals surface area contributed by atoms with E-state index in [-0.39, 0.29) is 0 Å². The highest BCUT2D eigenvalue weighted by molar-refractivity contribution is 7.18. The molecule has 3 nitrogen and oxygen atoms in total. The van der Waals surface area contributed by atoms with Crippen LogP contribution in [-0.2, 0) is 6.54 Å². The molecule has 0 saturated heterocycles. The Morgan fingerprint density at radius 2 is 1.90 bits per heavy atom. The topological polar surface area (TPSA) is 37.8 Å². The van der Waals surface area contributed by atoms with Crippen molar-refractivity contribution in [2.75, 3.05) is 5.32 Å². The Morgan fingerprint density at radius 3 is 2.70 bits per heavy atom. The Hall–Kier alpha value is -1.94. The summed E-state index contributed by atoms with van der Waals surface area (Å²) in [5.41, 5.74) is 3.87. The van der Waals surface area contributed by atoms with Crippen molar-refractivity contribution < 1.29 is 0 Å². The summed E-state index contributed by atoms with van der Waals surface area (Å²) in [6.07, 6.45) is 1.64. The van der Waals surface area contributed by atoms with E-state index in [1.807, 2.05) is 0 Å². The molecule has 0 bridgehead atoms. The second kappa shape index (κ2) is 5.21. The molecule has 4 heteroatoms. The van der Waals surface area contributed by atoms with Crippen molar-refractivity contribution in [3.63, 3.8) is 0 Å². The second-order valence-electron chi connectivity index (χ2n) is 4.97. The molecular weight excluding hydrogens is 266 g/mol. The molecule has 0 fully saturated rings. The largest absolute Gasteiger partial charge is 0.365 e. The summed E-state index contributed by atoms with van der Waals surface area (Å²) >= 11 is 1.73. The Labute approximate surface area is 122 Å². The summed E-state index contributed by atoms with van der Waals surface area (Å²) in [7, 11) is 0. The van der Waals surface area contributed by atoms with Crippen LogP contribution in [0.25, 0.3) is 10.2 Å². The van der Waals surface area contributed by atoms with Gasteiger partial charge in [-0.25, -0.2) is 9.97 Å². The molecule has 1 N–H and O–H groups in total. The number of rotatable bonds is 3. The molecule has 0 spiro atoms. The normalized spacial score (nSPS) is 10.9. The number of anilines is 1. The maximum Gasteiger partial charge on any atom is 0.138 e. The minimum absolute atomic E-state index is 0.785. The van der Waals surface area contributed by atoms with Gasteiger partial charge in [-0.05, 0) is 37.5 Å².